The van der Waals surface area contributed by atoms with Gasteiger partial charge >= 0.3 is 0 Å². The summed E-state index contributed by atoms with van der Waals surface area (Å²) in [7, 11) is 0. The molecule has 1 aliphatic rings. The van der Waals surface area contributed by atoms with Crippen LogP contribution in [0.2, 0.25) is 0 Å². The molecule has 0 spiro atoms. The molecule has 84 valence electrons. The summed E-state index contributed by atoms with van der Waals surface area (Å²) in [5, 5.41) is 13.1. The minimum absolute atomic E-state index is 0.0505. The Labute approximate surface area is 88.1 Å². The van der Waals surface area contributed by atoms with Gasteiger partial charge in [0.2, 0.25) is 0 Å². The fourth-order valence-corrected chi connectivity index (χ4v) is 2.58. The first kappa shape index (κ1) is 12.0. The molecule has 0 aromatic rings. The average molecular weight is 199 g/mol. The average Bonchev–Trinajstić information content (AvgIpc) is 2.26. The van der Waals surface area contributed by atoms with Gasteiger partial charge in [-0.1, -0.05) is 33.1 Å². The number of hydrogen-bond acceptors (Lipinski definition) is 2. The molecule has 0 radical (unpaired) electrons. The lowest BCUT2D eigenvalue weighted by Crippen LogP contribution is -2.51. The number of aliphatic hydroxyl groups excluding tert-OH is 1. The van der Waals surface area contributed by atoms with Crippen LogP contribution in [-0.2, 0) is 0 Å². The van der Waals surface area contributed by atoms with E-state index in [0.717, 1.165) is 25.3 Å². The number of hydrogen-bond donors (Lipinski definition) is 2. The van der Waals surface area contributed by atoms with Crippen molar-refractivity contribution in [3.63, 3.8) is 0 Å². The zero-order chi connectivity index (χ0) is 10.4. The fourth-order valence-electron chi connectivity index (χ4n) is 2.58. The third-order valence-electron chi connectivity index (χ3n) is 3.58. The van der Waals surface area contributed by atoms with Gasteiger partial charge < -0.3 is 10.4 Å². The van der Waals surface area contributed by atoms with E-state index in [9.17, 15) is 5.11 Å². The highest BCUT2D eigenvalue weighted by Crippen LogP contribution is 2.33. The van der Waals surface area contributed by atoms with Gasteiger partial charge in [-0.3, -0.25) is 0 Å². The normalized spacial score (nSPS) is 33.2. The predicted molar refractivity (Wildman–Crippen MR) is 60.4 cm³/mol. The fraction of sp³-hybridized carbons (Fsp3) is 1.00. The molecule has 0 aromatic heterocycles. The van der Waals surface area contributed by atoms with Gasteiger partial charge in [-0.2, -0.15) is 0 Å². The molecule has 14 heavy (non-hydrogen) atoms. The van der Waals surface area contributed by atoms with Gasteiger partial charge in [-0.15, -0.1) is 0 Å². The smallest absolute Gasteiger partial charge is 0.0613 e. The van der Waals surface area contributed by atoms with Crippen LogP contribution in [0.4, 0.5) is 0 Å². The highest BCUT2D eigenvalue weighted by molar-refractivity contribution is 4.92. The summed E-state index contributed by atoms with van der Waals surface area (Å²) in [6.07, 6.45) is 7.36. The summed E-state index contributed by atoms with van der Waals surface area (Å²) in [6.45, 7) is 5.79. The number of nitrogens with one attached hydrogen (secondary N) is 1. The maximum Gasteiger partial charge on any atom is 0.0613 e. The number of rotatable bonds is 5. The van der Waals surface area contributed by atoms with Crippen molar-refractivity contribution in [2.45, 2.75) is 57.9 Å². The number of aliphatic hydroxyl groups is 1. The predicted octanol–water partition coefficient (Wildman–Crippen LogP) is 2.32. The van der Waals surface area contributed by atoms with Crippen molar-refractivity contribution < 1.29 is 5.11 Å². The Kier molecular flexibility index (Phi) is 4.90. The highest BCUT2D eigenvalue weighted by Gasteiger charge is 2.34. The molecule has 1 fully saturated rings. The lowest BCUT2D eigenvalue weighted by Gasteiger charge is -2.40. The summed E-state index contributed by atoms with van der Waals surface area (Å²) < 4.78 is 0. The van der Waals surface area contributed by atoms with Crippen molar-refractivity contribution in [3.8, 4) is 0 Å². The molecule has 1 rings (SSSR count). The second kappa shape index (κ2) is 5.72. The van der Waals surface area contributed by atoms with Gasteiger partial charge in [0.05, 0.1) is 6.61 Å². The summed E-state index contributed by atoms with van der Waals surface area (Å²) in [6, 6.07) is 0. The first-order chi connectivity index (χ1) is 6.76. The van der Waals surface area contributed by atoms with E-state index < -0.39 is 0 Å². The van der Waals surface area contributed by atoms with Crippen LogP contribution >= 0.6 is 0 Å². The van der Waals surface area contributed by atoms with Crippen molar-refractivity contribution in [1.82, 2.24) is 5.32 Å². The third-order valence-corrected chi connectivity index (χ3v) is 3.58. The van der Waals surface area contributed by atoms with Gasteiger partial charge in [0.25, 0.3) is 0 Å². The van der Waals surface area contributed by atoms with Crippen LogP contribution in [0.3, 0.4) is 0 Å². The quantitative estimate of drug-likeness (QED) is 0.712. The van der Waals surface area contributed by atoms with Crippen LogP contribution in [-0.4, -0.2) is 23.8 Å². The van der Waals surface area contributed by atoms with Crippen LogP contribution in [0.5, 0.6) is 0 Å². The van der Waals surface area contributed by atoms with Crippen molar-refractivity contribution in [2.24, 2.45) is 5.92 Å². The van der Waals surface area contributed by atoms with Gasteiger partial charge in [0.15, 0.2) is 0 Å². The van der Waals surface area contributed by atoms with E-state index in [2.05, 4.69) is 19.2 Å². The minimum atomic E-state index is 0.0505. The Morgan fingerprint density at radius 2 is 2.21 bits per heavy atom. The topological polar surface area (TPSA) is 32.3 Å². The molecule has 1 aliphatic carbocycles. The van der Waals surface area contributed by atoms with Crippen molar-refractivity contribution in [3.05, 3.63) is 0 Å². The van der Waals surface area contributed by atoms with Gasteiger partial charge in [-0.25, -0.2) is 0 Å². The molecular weight excluding hydrogens is 174 g/mol. The molecule has 2 nitrogen and oxygen atoms in total. The molecule has 2 heteroatoms. The Hall–Kier alpha value is -0.0800. The summed E-state index contributed by atoms with van der Waals surface area (Å²) >= 11 is 0. The van der Waals surface area contributed by atoms with Gasteiger partial charge in [0.1, 0.15) is 0 Å². The first-order valence-corrected chi connectivity index (χ1v) is 6.12. The SMILES string of the molecule is CCCNC1(CO)CCCC(CC)C1. The van der Waals surface area contributed by atoms with Crippen molar-refractivity contribution >= 4 is 0 Å². The van der Waals surface area contributed by atoms with E-state index in [4.69, 9.17) is 0 Å². The van der Waals surface area contributed by atoms with Crippen LogP contribution in [0, 0.1) is 5.92 Å². The van der Waals surface area contributed by atoms with E-state index in [1.807, 2.05) is 0 Å². The second-order valence-electron chi connectivity index (χ2n) is 4.74. The molecule has 0 heterocycles. The van der Waals surface area contributed by atoms with Gasteiger partial charge in [0, 0.05) is 5.54 Å². The first-order valence-electron chi connectivity index (χ1n) is 6.12. The lowest BCUT2D eigenvalue weighted by molar-refractivity contribution is 0.0944. The van der Waals surface area contributed by atoms with Crippen LogP contribution < -0.4 is 5.32 Å². The summed E-state index contributed by atoms with van der Waals surface area (Å²) in [5.41, 5.74) is 0.0505. The Balaban J connectivity index is 2.49. The lowest BCUT2D eigenvalue weighted by atomic mass is 9.75. The standard InChI is InChI=1S/C12H25NO/c1-3-8-13-12(10-14)7-5-6-11(4-2)9-12/h11,13-14H,3-10H2,1-2H3. The van der Waals surface area contributed by atoms with E-state index in [1.54, 1.807) is 0 Å². The summed E-state index contributed by atoms with van der Waals surface area (Å²) in [4.78, 5) is 0. The maximum atomic E-state index is 9.52. The monoisotopic (exact) mass is 199 g/mol. The molecule has 0 aliphatic heterocycles. The van der Waals surface area contributed by atoms with E-state index >= 15 is 0 Å². The maximum absolute atomic E-state index is 9.52. The Morgan fingerprint density at radius 1 is 1.43 bits per heavy atom. The van der Waals surface area contributed by atoms with Crippen molar-refractivity contribution in [2.75, 3.05) is 13.2 Å². The molecule has 0 amide bonds. The molecule has 1 saturated carbocycles. The molecule has 0 aromatic carbocycles. The molecule has 2 N–H and O–H groups in total. The molecule has 2 atom stereocenters. The molecule has 2 unspecified atom stereocenters. The zero-order valence-electron chi connectivity index (χ0n) is 9.68. The Bertz CT molecular complexity index is 160. The molecule has 0 saturated heterocycles. The Morgan fingerprint density at radius 3 is 2.79 bits per heavy atom. The largest absolute Gasteiger partial charge is 0.394 e. The van der Waals surface area contributed by atoms with Crippen molar-refractivity contribution in [1.29, 1.82) is 0 Å². The second-order valence-corrected chi connectivity index (χ2v) is 4.74. The highest BCUT2D eigenvalue weighted by atomic mass is 16.3. The van der Waals surface area contributed by atoms with E-state index in [0.29, 0.717) is 6.61 Å². The van der Waals surface area contributed by atoms with E-state index in [1.165, 1.54) is 25.7 Å². The summed E-state index contributed by atoms with van der Waals surface area (Å²) in [5.74, 6) is 0.820. The van der Waals surface area contributed by atoms with Crippen LogP contribution in [0.25, 0.3) is 0 Å². The third kappa shape index (κ3) is 2.96. The molecular formula is C12H25NO. The van der Waals surface area contributed by atoms with Crippen LogP contribution in [0.1, 0.15) is 52.4 Å². The van der Waals surface area contributed by atoms with Crippen LogP contribution in [0.15, 0.2) is 0 Å². The molecule has 0 bridgehead atoms. The minimum Gasteiger partial charge on any atom is -0.394 e. The zero-order valence-corrected chi connectivity index (χ0v) is 9.68. The van der Waals surface area contributed by atoms with Gasteiger partial charge in [-0.05, 0) is 31.7 Å². The van der Waals surface area contributed by atoms with E-state index in [-0.39, 0.29) is 5.54 Å².